The molecule has 6 heteroatoms. The number of nitrogens with one attached hydrogen (secondary N) is 1. The first-order valence-electron chi connectivity index (χ1n) is 7.15. The van der Waals surface area contributed by atoms with Crippen molar-refractivity contribution in [3.8, 4) is 11.5 Å². The summed E-state index contributed by atoms with van der Waals surface area (Å²) in [5.74, 6) is 1.26. The van der Waals surface area contributed by atoms with E-state index in [2.05, 4.69) is 5.32 Å². The molecule has 0 spiro atoms. The number of hydrogen-bond acceptors (Lipinski definition) is 4. The Morgan fingerprint density at radius 1 is 1.13 bits per heavy atom. The number of carbonyl (C=O) groups is 1. The SMILES string of the molecule is CC(NC(=O)c1ccc(C(N)=S)cc1)c1ccc2c(c1)OCO2. The van der Waals surface area contributed by atoms with Crippen molar-refractivity contribution in [3.05, 3.63) is 59.2 Å². The van der Waals surface area contributed by atoms with Crippen LogP contribution in [0.3, 0.4) is 0 Å². The highest BCUT2D eigenvalue weighted by molar-refractivity contribution is 7.80. The van der Waals surface area contributed by atoms with Crippen LogP contribution >= 0.6 is 12.2 Å². The van der Waals surface area contributed by atoms with E-state index in [0.29, 0.717) is 16.3 Å². The summed E-state index contributed by atoms with van der Waals surface area (Å²) < 4.78 is 10.6. The molecule has 1 amide bonds. The third-order valence-corrected chi connectivity index (χ3v) is 3.91. The van der Waals surface area contributed by atoms with Gasteiger partial charge in [-0.1, -0.05) is 30.4 Å². The van der Waals surface area contributed by atoms with Gasteiger partial charge in [-0.3, -0.25) is 4.79 Å². The third kappa shape index (κ3) is 3.27. The number of benzene rings is 2. The van der Waals surface area contributed by atoms with Crippen LogP contribution in [0, 0.1) is 0 Å². The van der Waals surface area contributed by atoms with Crippen LogP contribution in [0.4, 0.5) is 0 Å². The smallest absolute Gasteiger partial charge is 0.251 e. The van der Waals surface area contributed by atoms with Crippen molar-refractivity contribution < 1.29 is 14.3 Å². The van der Waals surface area contributed by atoms with Crippen LogP contribution < -0.4 is 20.5 Å². The van der Waals surface area contributed by atoms with Crippen LogP contribution in [0.15, 0.2) is 42.5 Å². The molecule has 0 fully saturated rings. The molecule has 1 unspecified atom stereocenters. The summed E-state index contributed by atoms with van der Waals surface area (Å²) in [7, 11) is 0. The molecular formula is C17H16N2O3S. The molecule has 3 rings (SSSR count). The van der Waals surface area contributed by atoms with Gasteiger partial charge in [0.25, 0.3) is 5.91 Å². The molecule has 2 aromatic rings. The number of nitrogens with two attached hydrogens (primary N) is 1. The van der Waals surface area contributed by atoms with Gasteiger partial charge in [-0.15, -0.1) is 0 Å². The molecule has 2 aromatic carbocycles. The van der Waals surface area contributed by atoms with Gasteiger partial charge in [0, 0.05) is 11.1 Å². The Bertz CT molecular complexity index is 759. The minimum atomic E-state index is -0.162. The fraction of sp³-hybridized carbons (Fsp3) is 0.176. The van der Waals surface area contributed by atoms with Crippen molar-refractivity contribution in [2.24, 2.45) is 5.73 Å². The molecule has 118 valence electrons. The largest absolute Gasteiger partial charge is 0.454 e. The molecular weight excluding hydrogens is 312 g/mol. The first-order valence-corrected chi connectivity index (χ1v) is 7.55. The molecule has 0 aromatic heterocycles. The standard InChI is InChI=1S/C17H16N2O3S/c1-10(13-6-7-14-15(8-13)22-9-21-14)19-17(20)12-4-2-11(3-5-12)16(18)23/h2-8,10H,9H2,1H3,(H2,18,23)(H,19,20). The molecule has 0 saturated heterocycles. The van der Waals surface area contributed by atoms with Crippen LogP contribution in [0.2, 0.25) is 0 Å². The summed E-state index contributed by atoms with van der Waals surface area (Å²) >= 11 is 4.90. The van der Waals surface area contributed by atoms with Gasteiger partial charge < -0.3 is 20.5 Å². The normalized spacial score (nSPS) is 13.4. The molecule has 0 aliphatic carbocycles. The van der Waals surface area contributed by atoms with E-state index in [0.717, 1.165) is 16.9 Å². The molecule has 1 aliphatic heterocycles. The van der Waals surface area contributed by atoms with Gasteiger partial charge in [-0.05, 0) is 36.8 Å². The van der Waals surface area contributed by atoms with Gasteiger partial charge in [0.15, 0.2) is 11.5 Å². The molecule has 3 N–H and O–H groups in total. The number of carbonyl (C=O) groups excluding carboxylic acids is 1. The fourth-order valence-corrected chi connectivity index (χ4v) is 2.47. The minimum absolute atomic E-state index is 0.160. The summed E-state index contributed by atoms with van der Waals surface area (Å²) in [5.41, 5.74) is 7.79. The lowest BCUT2D eigenvalue weighted by molar-refractivity contribution is 0.0940. The predicted molar refractivity (Wildman–Crippen MR) is 90.8 cm³/mol. The van der Waals surface area contributed by atoms with E-state index in [-0.39, 0.29) is 18.7 Å². The van der Waals surface area contributed by atoms with E-state index in [1.807, 2.05) is 25.1 Å². The van der Waals surface area contributed by atoms with Crippen LogP contribution in [-0.2, 0) is 0 Å². The highest BCUT2D eigenvalue weighted by Gasteiger charge is 2.17. The van der Waals surface area contributed by atoms with E-state index < -0.39 is 0 Å². The third-order valence-electron chi connectivity index (χ3n) is 3.68. The number of ether oxygens (including phenoxy) is 2. The maximum atomic E-state index is 12.3. The van der Waals surface area contributed by atoms with Crippen molar-refractivity contribution in [2.75, 3.05) is 6.79 Å². The first-order chi connectivity index (χ1) is 11.0. The number of fused-ring (bicyclic) bond motifs is 1. The summed E-state index contributed by atoms with van der Waals surface area (Å²) in [5, 5.41) is 2.95. The molecule has 1 aliphatic rings. The Morgan fingerprint density at radius 2 is 1.78 bits per heavy atom. The topological polar surface area (TPSA) is 73.6 Å². The second-order valence-electron chi connectivity index (χ2n) is 5.25. The lowest BCUT2D eigenvalue weighted by Gasteiger charge is -2.15. The van der Waals surface area contributed by atoms with Crippen molar-refractivity contribution in [1.29, 1.82) is 0 Å². The van der Waals surface area contributed by atoms with Gasteiger partial charge in [0.2, 0.25) is 6.79 Å². The van der Waals surface area contributed by atoms with Crippen LogP contribution in [0.5, 0.6) is 11.5 Å². The average molecular weight is 328 g/mol. The van der Waals surface area contributed by atoms with E-state index in [4.69, 9.17) is 27.4 Å². The Kier molecular flexibility index (Phi) is 4.16. The van der Waals surface area contributed by atoms with Gasteiger partial charge in [-0.25, -0.2) is 0 Å². The molecule has 1 atom stereocenters. The molecule has 1 heterocycles. The summed E-state index contributed by atoms with van der Waals surface area (Å²) in [6, 6.07) is 12.4. The molecule has 5 nitrogen and oxygen atoms in total. The van der Waals surface area contributed by atoms with Crippen LogP contribution in [0.1, 0.15) is 34.5 Å². The van der Waals surface area contributed by atoms with E-state index in [1.165, 1.54) is 0 Å². The highest BCUT2D eigenvalue weighted by atomic mass is 32.1. The first kappa shape index (κ1) is 15.3. The zero-order valence-electron chi connectivity index (χ0n) is 12.5. The van der Waals surface area contributed by atoms with Crippen LogP contribution in [-0.4, -0.2) is 17.7 Å². The van der Waals surface area contributed by atoms with E-state index in [9.17, 15) is 4.79 Å². The van der Waals surface area contributed by atoms with Crippen molar-refractivity contribution in [2.45, 2.75) is 13.0 Å². The van der Waals surface area contributed by atoms with Crippen molar-refractivity contribution in [3.63, 3.8) is 0 Å². The second kappa shape index (κ2) is 6.26. The lowest BCUT2D eigenvalue weighted by atomic mass is 10.1. The predicted octanol–water partition coefficient (Wildman–Crippen LogP) is 2.54. The Morgan fingerprint density at radius 3 is 2.48 bits per heavy atom. The average Bonchev–Trinajstić information content (AvgIpc) is 3.02. The molecule has 23 heavy (non-hydrogen) atoms. The minimum Gasteiger partial charge on any atom is -0.454 e. The van der Waals surface area contributed by atoms with Gasteiger partial charge in [-0.2, -0.15) is 0 Å². The molecule has 0 saturated carbocycles. The Balaban J connectivity index is 1.70. The number of amides is 1. The highest BCUT2D eigenvalue weighted by Crippen LogP contribution is 2.34. The second-order valence-corrected chi connectivity index (χ2v) is 5.69. The van der Waals surface area contributed by atoms with Gasteiger partial charge in [0.05, 0.1) is 6.04 Å². The van der Waals surface area contributed by atoms with Crippen molar-refractivity contribution >= 4 is 23.1 Å². The quantitative estimate of drug-likeness (QED) is 0.844. The Hall–Kier alpha value is -2.60. The fourth-order valence-electron chi connectivity index (χ4n) is 2.33. The van der Waals surface area contributed by atoms with E-state index in [1.54, 1.807) is 24.3 Å². The zero-order valence-corrected chi connectivity index (χ0v) is 13.4. The summed E-state index contributed by atoms with van der Waals surface area (Å²) in [4.78, 5) is 12.6. The summed E-state index contributed by atoms with van der Waals surface area (Å²) in [6.45, 7) is 2.15. The zero-order chi connectivity index (χ0) is 16.4. The summed E-state index contributed by atoms with van der Waals surface area (Å²) in [6.07, 6.45) is 0. The Labute approximate surface area is 139 Å². The molecule has 0 bridgehead atoms. The van der Waals surface area contributed by atoms with Gasteiger partial charge >= 0.3 is 0 Å². The van der Waals surface area contributed by atoms with E-state index >= 15 is 0 Å². The lowest BCUT2D eigenvalue weighted by Crippen LogP contribution is -2.26. The monoisotopic (exact) mass is 328 g/mol. The van der Waals surface area contributed by atoms with Gasteiger partial charge in [0.1, 0.15) is 4.99 Å². The maximum Gasteiger partial charge on any atom is 0.251 e. The maximum absolute atomic E-state index is 12.3. The number of thiocarbonyl (C=S) groups is 1. The number of hydrogen-bond donors (Lipinski definition) is 2. The van der Waals surface area contributed by atoms with Crippen molar-refractivity contribution in [1.82, 2.24) is 5.32 Å². The molecule has 0 radical (unpaired) electrons. The van der Waals surface area contributed by atoms with Crippen LogP contribution in [0.25, 0.3) is 0 Å². The number of rotatable bonds is 4.